The minimum atomic E-state index is -1.12. The Balaban J connectivity index is 2.37. The predicted molar refractivity (Wildman–Crippen MR) is 72.6 cm³/mol. The summed E-state index contributed by atoms with van der Waals surface area (Å²) in [5.41, 5.74) is -0.0397. The predicted octanol–water partition coefficient (Wildman–Crippen LogP) is 4.59. The van der Waals surface area contributed by atoms with E-state index in [-0.39, 0.29) is 16.3 Å². The van der Waals surface area contributed by atoms with Gasteiger partial charge in [-0.25, -0.2) is 4.79 Å². The third-order valence-electron chi connectivity index (χ3n) is 2.23. The van der Waals surface area contributed by atoms with Crippen LogP contribution < -0.4 is 4.74 Å². The summed E-state index contributed by atoms with van der Waals surface area (Å²) in [7, 11) is 0. The van der Waals surface area contributed by atoms with Gasteiger partial charge in [0.1, 0.15) is 17.1 Å². The number of benzene rings is 2. The molecule has 0 unspecified atom stereocenters. The van der Waals surface area contributed by atoms with Gasteiger partial charge in [0.2, 0.25) is 0 Å². The smallest absolute Gasteiger partial charge is 0.341 e. The first kappa shape index (κ1) is 12.9. The number of hydrogen-bond acceptors (Lipinski definition) is 2. The fourth-order valence-electron chi connectivity index (χ4n) is 1.43. The number of rotatable bonds is 3. The Morgan fingerprint density at radius 2 is 1.83 bits per heavy atom. The summed E-state index contributed by atoms with van der Waals surface area (Å²) >= 11 is 9.16. The highest BCUT2D eigenvalue weighted by Gasteiger charge is 2.15. The number of carboxylic acid groups (broad SMARTS) is 1. The second kappa shape index (κ2) is 5.42. The first-order valence-electron chi connectivity index (χ1n) is 5.03. The lowest BCUT2D eigenvalue weighted by Gasteiger charge is -2.09. The fourth-order valence-corrected chi connectivity index (χ4v) is 1.94. The summed E-state index contributed by atoms with van der Waals surface area (Å²) in [5.74, 6) is -0.354. The minimum absolute atomic E-state index is 0.0397. The van der Waals surface area contributed by atoms with Crippen LogP contribution in [0.5, 0.6) is 11.5 Å². The molecule has 0 atom stereocenters. The molecule has 3 nitrogen and oxygen atoms in total. The molecule has 0 saturated carbocycles. The molecule has 0 saturated heterocycles. The molecule has 18 heavy (non-hydrogen) atoms. The van der Waals surface area contributed by atoms with Crippen LogP contribution in [-0.4, -0.2) is 11.1 Å². The number of aromatic carboxylic acids is 1. The second-order valence-electron chi connectivity index (χ2n) is 3.47. The van der Waals surface area contributed by atoms with E-state index >= 15 is 0 Å². The standard InChI is InChI=1S/C13H8BrClO3/c14-8-4-6-9(7-5-8)18-11-3-1-2-10(15)12(11)13(16)17/h1-7H,(H,16,17). The van der Waals surface area contributed by atoms with Gasteiger partial charge in [-0.2, -0.15) is 0 Å². The molecule has 0 aliphatic rings. The molecule has 0 amide bonds. The third-order valence-corrected chi connectivity index (χ3v) is 3.07. The van der Waals surface area contributed by atoms with Crippen LogP contribution in [0.15, 0.2) is 46.9 Å². The van der Waals surface area contributed by atoms with E-state index in [1.807, 2.05) is 0 Å². The molecule has 0 fully saturated rings. The lowest BCUT2D eigenvalue weighted by atomic mass is 10.2. The van der Waals surface area contributed by atoms with Crippen LogP contribution in [-0.2, 0) is 0 Å². The maximum absolute atomic E-state index is 11.1. The zero-order valence-corrected chi connectivity index (χ0v) is 11.4. The number of ether oxygens (including phenoxy) is 1. The van der Waals surface area contributed by atoms with E-state index in [9.17, 15) is 4.79 Å². The van der Waals surface area contributed by atoms with E-state index in [1.165, 1.54) is 6.07 Å². The Morgan fingerprint density at radius 3 is 2.44 bits per heavy atom. The van der Waals surface area contributed by atoms with Crippen molar-refractivity contribution in [1.82, 2.24) is 0 Å². The highest BCUT2D eigenvalue weighted by Crippen LogP contribution is 2.30. The molecular weight excluding hydrogens is 319 g/mol. The van der Waals surface area contributed by atoms with E-state index in [2.05, 4.69) is 15.9 Å². The van der Waals surface area contributed by atoms with Crippen LogP contribution in [0.1, 0.15) is 10.4 Å². The molecule has 0 aromatic heterocycles. The molecule has 0 spiro atoms. The molecule has 0 heterocycles. The molecule has 1 N–H and O–H groups in total. The molecule has 2 rings (SSSR count). The Morgan fingerprint density at radius 1 is 1.17 bits per heavy atom. The van der Waals surface area contributed by atoms with Gasteiger partial charge in [-0.05, 0) is 36.4 Å². The summed E-state index contributed by atoms with van der Waals surface area (Å²) in [5, 5.41) is 9.25. The number of hydrogen-bond donors (Lipinski definition) is 1. The largest absolute Gasteiger partial charge is 0.478 e. The molecule has 0 aliphatic heterocycles. The highest BCUT2D eigenvalue weighted by molar-refractivity contribution is 9.10. The average Bonchev–Trinajstić information content (AvgIpc) is 2.32. The SMILES string of the molecule is O=C(O)c1c(Cl)cccc1Oc1ccc(Br)cc1. The van der Waals surface area contributed by atoms with Gasteiger partial charge in [0.05, 0.1) is 5.02 Å². The van der Waals surface area contributed by atoms with Crippen molar-refractivity contribution in [3.05, 3.63) is 57.5 Å². The van der Waals surface area contributed by atoms with Crippen molar-refractivity contribution in [1.29, 1.82) is 0 Å². The molecule has 0 bridgehead atoms. The third kappa shape index (κ3) is 2.83. The Hall–Kier alpha value is -1.52. The van der Waals surface area contributed by atoms with E-state index in [4.69, 9.17) is 21.4 Å². The van der Waals surface area contributed by atoms with E-state index < -0.39 is 5.97 Å². The van der Waals surface area contributed by atoms with E-state index in [0.717, 1.165) is 4.47 Å². The Labute approximate surface area is 117 Å². The van der Waals surface area contributed by atoms with Gasteiger partial charge in [-0.3, -0.25) is 0 Å². The maximum atomic E-state index is 11.1. The van der Waals surface area contributed by atoms with Crippen LogP contribution in [0, 0.1) is 0 Å². The second-order valence-corrected chi connectivity index (χ2v) is 4.80. The van der Waals surface area contributed by atoms with Crippen molar-refractivity contribution in [2.75, 3.05) is 0 Å². The topological polar surface area (TPSA) is 46.5 Å². The van der Waals surface area contributed by atoms with Gasteiger partial charge in [-0.15, -0.1) is 0 Å². The molecule has 2 aromatic rings. The summed E-state index contributed by atoms with van der Waals surface area (Å²) in [6, 6.07) is 11.8. The quantitative estimate of drug-likeness (QED) is 0.896. The maximum Gasteiger partial charge on any atom is 0.341 e. The Kier molecular flexibility index (Phi) is 3.89. The van der Waals surface area contributed by atoms with Crippen LogP contribution >= 0.6 is 27.5 Å². The van der Waals surface area contributed by atoms with Gasteiger partial charge in [0.25, 0.3) is 0 Å². The number of carboxylic acids is 1. The molecule has 0 aliphatic carbocycles. The van der Waals surface area contributed by atoms with Gasteiger partial charge >= 0.3 is 5.97 Å². The summed E-state index contributed by atoms with van der Waals surface area (Å²) in [6.07, 6.45) is 0. The average molecular weight is 328 g/mol. The van der Waals surface area contributed by atoms with E-state index in [1.54, 1.807) is 36.4 Å². The minimum Gasteiger partial charge on any atom is -0.478 e. The molecular formula is C13H8BrClO3. The summed E-state index contributed by atoms with van der Waals surface area (Å²) in [4.78, 5) is 11.1. The molecule has 0 radical (unpaired) electrons. The van der Waals surface area contributed by atoms with Crippen LogP contribution in [0.25, 0.3) is 0 Å². The first-order chi connectivity index (χ1) is 8.58. The molecule has 5 heteroatoms. The highest BCUT2D eigenvalue weighted by atomic mass is 79.9. The van der Waals surface area contributed by atoms with Crippen LogP contribution in [0.2, 0.25) is 5.02 Å². The number of halogens is 2. The summed E-state index contributed by atoms with van der Waals surface area (Å²) in [6.45, 7) is 0. The lowest BCUT2D eigenvalue weighted by Crippen LogP contribution is -2.01. The monoisotopic (exact) mass is 326 g/mol. The zero-order valence-electron chi connectivity index (χ0n) is 9.06. The Bertz CT molecular complexity index is 581. The zero-order chi connectivity index (χ0) is 13.1. The normalized spacial score (nSPS) is 10.1. The van der Waals surface area contributed by atoms with Gasteiger partial charge < -0.3 is 9.84 Å². The van der Waals surface area contributed by atoms with Crippen LogP contribution in [0.3, 0.4) is 0 Å². The summed E-state index contributed by atoms with van der Waals surface area (Å²) < 4.78 is 6.44. The fraction of sp³-hybridized carbons (Fsp3) is 0. The van der Waals surface area contributed by atoms with Crippen molar-refractivity contribution in [2.24, 2.45) is 0 Å². The van der Waals surface area contributed by atoms with Crippen molar-refractivity contribution >= 4 is 33.5 Å². The van der Waals surface area contributed by atoms with Gasteiger partial charge in [0.15, 0.2) is 0 Å². The van der Waals surface area contributed by atoms with Crippen molar-refractivity contribution in [3.8, 4) is 11.5 Å². The molecule has 2 aromatic carbocycles. The molecule has 92 valence electrons. The van der Waals surface area contributed by atoms with E-state index in [0.29, 0.717) is 5.75 Å². The van der Waals surface area contributed by atoms with Crippen molar-refractivity contribution in [2.45, 2.75) is 0 Å². The number of carbonyl (C=O) groups is 1. The lowest BCUT2D eigenvalue weighted by molar-refractivity contribution is 0.0694. The van der Waals surface area contributed by atoms with Crippen molar-refractivity contribution in [3.63, 3.8) is 0 Å². The van der Waals surface area contributed by atoms with Crippen LogP contribution in [0.4, 0.5) is 0 Å². The first-order valence-corrected chi connectivity index (χ1v) is 6.20. The van der Waals surface area contributed by atoms with Gasteiger partial charge in [-0.1, -0.05) is 33.6 Å². The van der Waals surface area contributed by atoms with Crippen molar-refractivity contribution < 1.29 is 14.6 Å². The van der Waals surface area contributed by atoms with Gasteiger partial charge in [0, 0.05) is 4.47 Å².